The van der Waals surface area contributed by atoms with E-state index < -0.39 is 17.8 Å². The van der Waals surface area contributed by atoms with Crippen LogP contribution in [0.1, 0.15) is 19.4 Å². The first kappa shape index (κ1) is 20.5. The van der Waals surface area contributed by atoms with Crippen molar-refractivity contribution in [1.29, 1.82) is 0 Å². The number of nitrogens with zero attached hydrogens (tertiary/aromatic N) is 2. The number of nitrogens with one attached hydrogen (secondary N) is 2. The number of hydrogen-bond acceptors (Lipinski definition) is 3. The van der Waals surface area contributed by atoms with Crippen LogP contribution in [0.2, 0.25) is 0 Å². The summed E-state index contributed by atoms with van der Waals surface area (Å²) in [6, 6.07) is 3.40. The lowest BCUT2D eigenvalue weighted by Gasteiger charge is -2.34. The molecule has 1 fully saturated rings. The number of carbonyl (C=O) groups excluding carboxylic acids is 3. The number of urea groups is 1. The zero-order chi connectivity index (χ0) is 20.2. The van der Waals surface area contributed by atoms with E-state index in [1.54, 1.807) is 0 Å². The van der Waals surface area contributed by atoms with Crippen LogP contribution in [-0.2, 0) is 15.8 Å². The van der Waals surface area contributed by atoms with Gasteiger partial charge in [-0.15, -0.1) is 0 Å². The van der Waals surface area contributed by atoms with Crippen molar-refractivity contribution in [2.75, 3.05) is 31.5 Å². The smallest absolute Gasteiger partial charge is 0.352 e. The summed E-state index contributed by atoms with van der Waals surface area (Å²) in [5.41, 5.74) is -0.622. The molecule has 2 rings (SSSR count). The molecule has 0 aromatic heterocycles. The van der Waals surface area contributed by atoms with E-state index in [-0.39, 0.29) is 49.7 Å². The topological polar surface area (TPSA) is 81.8 Å². The number of alkyl halides is 3. The summed E-state index contributed by atoms with van der Waals surface area (Å²) in [5.74, 6) is -0.649. The van der Waals surface area contributed by atoms with E-state index in [2.05, 4.69) is 10.6 Å². The lowest BCUT2D eigenvalue weighted by atomic mass is 10.2. The van der Waals surface area contributed by atoms with E-state index in [1.165, 1.54) is 9.80 Å². The highest BCUT2D eigenvalue weighted by Crippen LogP contribution is 2.29. The normalized spacial score (nSPS) is 15.1. The highest BCUT2D eigenvalue weighted by Gasteiger charge is 2.31. The molecule has 148 valence electrons. The minimum atomic E-state index is -4.45. The highest BCUT2D eigenvalue weighted by molar-refractivity contribution is 5.94. The molecule has 2 N–H and O–H groups in total. The molecule has 10 heteroatoms. The molecule has 27 heavy (non-hydrogen) atoms. The summed E-state index contributed by atoms with van der Waals surface area (Å²) in [4.78, 5) is 38.7. The van der Waals surface area contributed by atoms with Crippen LogP contribution in [0, 0.1) is 0 Å². The minimum Gasteiger partial charge on any atom is -0.352 e. The number of benzene rings is 1. The minimum absolute atomic E-state index is 0.0385. The first-order chi connectivity index (χ1) is 12.6. The maximum atomic E-state index is 12.5. The van der Waals surface area contributed by atoms with Gasteiger partial charge >= 0.3 is 12.2 Å². The van der Waals surface area contributed by atoms with Crippen LogP contribution in [0.4, 0.5) is 23.7 Å². The SMILES string of the molecule is CC(C)NC(=O)CN1CCN(C(=O)Nc2ccc(C(F)(F)F)cc2)CC1=O. The van der Waals surface area contributed by atoms with Gasteiger partial charge < -0.3 is 20.4 Å². The predicted molar refractivity (Wildman–Crippen MR) is 91.9 cm³/mol. The molecule has 1 heterocycles. The molecule has 1 aliphatic rings. The molecule has 0 unspecified atom stereocenters. The van der Waals surface area contributed by atoms with Gasteiger partial charge in [-0.3, -0.25) is 9.59 Å². The van der Waals surface area contributed by atoms with Crippen molar-refractivity contribution in [3.8, 4) is 0 Å². The second-order valence-corrected chi connectivity index (χ2v) is 6.46. The molecule has 1 aromatic rings. The molecule has 4 amide bonds. The van der Waals surface area contributed by atoms with Crippen molar-refractivity contribution in [3.05, 3.63) is 29.8 Å². The van der Waals surface area contributed by atoms with E-state index in [0.717, 1.165) is 24.3 Å². The zero-order valence-corrected chi connectivity index (χ0v) is 15.0. The van der Waals surface area contributed by atoms with Crippen molar-refractivity contribution in [1.82, 2.24) is 15.1 Å². The quantitative estimate of drug-likeness (QED) is 0.829. The zero-order valence-electron chi connectivity index (χ0n) is 15.0. The Morgan fingerprint density at radius 2 is 1.78 bits per heavy atom. The van der Waals surface area contributed by atoms with Gasteiger partial charge in [0, 0.05) is 24.8 Å². The molecular weight excluding hydrogens is 365 g/mol. The number of halogens is 3. The van der Waals surface area contributed by atoms with Crippen LogP contribution in [0.3, 0.4) is 0 Å². The van der Waals surface area contributed by atoms with Gasteiger partial charge in [-0.05, 0) is 38.1 Å². The summed E-state index contributed by atoms with van der Waals surface area (Å²) in [7, 11) is 0. The van der Waals surface area contributed by atoms with Gasteiger partial charge in [0.25, 0.3) is 0 Å². The van der Waals surface area contributed by atoms with E-state index >= 15 is 0 Å². The van der Waals surface area contributed by atoms with E-state index in [1.807, 2.05) is 13.8 Å². The number of hydrogen-bond donors (Lipinski definition) is 2. The van der Waals surface area contributed by atoms with Crippen molar-refractivity contribution in [2.45, 2.75) is 26.1 Å². The molecule has 0 saturated carbocycles. The monoisotopic (exact) mass is 386 g/mol. The summed E-state index contributed by atoms with van der Waals surface area (Å²) in [6.45, 7) is 3.75. The Morgan fingerprint density at radius 1 is 1.15 bits per heavy atom. The lowest BCUT2D eigenvalue weighted by molar-refractivity contribution is -0.139. The molecule has 7 nitrogen and oxygen atoms in total. The fourth-order valence-electron chi connectivity index (χ4n) is 2.54. The second kappa shape index (κ2) is 8.28. The summed E-state index contributed by atoms with van der Waals surface area (Å²) in [6.07, 6.45) is -4.45. The van der Waals surface area contributed by atoms with Gasteiger partial charge in [-0.1, -0.05) is 0 Å². The van der Waals surface area contributed by atoms with Crippen molar-refractivity contribution < 1.29 is 27.6 Å². The van der Waals surface area contributed by atoms with Gasteiger partial charge in [0.05, 0.1) is 12.1 Å². The summed E-state index contributed by atoms with van der Waals surface area (Å²) >= 11 is 0. The molecule has 0 bridgehead atoms. The maximum absolute atomic E-state index is 12.5. The van der Waals surface area contributed by atoms with E-state index in [4.69, 9.17) is 0 Å². The van der Waals surface area contributed by atoms with Crippen molar-refractivity contribution in [3.63, 3.8) is 0 Å². The largest absolute Gasteiger partial charge is 0.416 e. The molecule has 0 aliphatic carbocycles. The van der Waals surface area contributed by atoms with E-state index in [9.17, 15) is 27.6 Å². The molecule has 0 atom stereocenters. The van der Waals surface area contributed by atoms with Crippen LogP contribution in [0.5, 0.6) is 0 Å². The van der Waals surface area contributed by atoms with Crippen LogP contribution in [0.25, 0.3) is 0 Å². The third-order valence-corrected chi connectivity index (χ3v) is 3.85. The number of carbonyl (C=O) groups is 3. The third-order valence-electron chi connectivity index (χ3n) is 3.85. The Labute approximate surface area is 154 Å². The molecule has 1 saturated heterocycles. The molecule has 1 aliphatic heterocycles. The van der Waals surface area contributed by atoms with Crippen LogP contribution in [-0.4, -0.2) is 59.9 Å². The standard InChI is InChI=1S/C17H21F3N4O3/c1-11(2)21-14(25)9-23-7-8-24(10-15(23)26)16(27)22-13-5-3-12(4-6-13)17(18,19)20/h3-6,11H,7-10H2,1-2H3,(H,21,25)(H,22,27). The Morgan fingerprint density at radius 3 is 2.30 bits per heavy atom. The van der Waals surface area contributed by atoms with Crippen LogP contribution in [0.15, 0.2) is 24.3 Å². The Bertz CT molecular complexity index is 704. The van der Waals surface area contributed by atoms with Gasteiger partial charge in [-0.2, -0.15) is 13.2 Å². The molecule has 0 spiro atoms. The van der Waals surface area contributed by atoms with Crippen molar-refractivity contribution in [2.24, 2.45) is 0 Å². The van der Waals surface area contributed by atoms with Crippen LogP contribution >= 0.6 is 0 Å². The first-order valence-electron chi connectivity index (χ1n) is 8.36. The maximum Gasteiger partial charge on any atom is 0.416 e. The first-order valence-corrected chi connectivity index (χ1v) is 8.36. The second-order valence-electron chi connectivity index (χ2n) is 6.46. The summed E-state index contributed by atoms with van der Waals surface area (Å²) in [5, 5.41) is 5.15. The van der Waals surface area contributed by atoms with E-state index in [0.29, 0.717) is 0 Å². The number of amides is 4. The van der Waals surface area contributed by atoms with Gasteiger partial charge in [0.15, 0.2) is 0 Å². The fourth-order valence-corrected chi connectivity index (χ4v) is 2.54. The Kier molecular flexibility index (Phi) is 6.29. The molecule has 1 aromatic carbocycles. The molecular formula is C17H21F3N4O3. The fraction of sp³-hybridized carbons (Fsp3) is 0.471. The predicted octanol–water partition coefficient (Wildman–Crippen LogP) is 1.91. The van der Waals surface area contributed by atoms with Gasteiger partial charge in [0.2, 0.25) is 11.8 Å². The summed E-state index contributed by atoms with van der Waals surface area (Å²) < 4.78 is 37.6. The van der Waals surface area contributed by atoms with Crippen molar-refractivity contribution >= 4 is 23.5 Å². The average molecular weight is 386 g/mol. The third kappa shape index (κ3) is 5.87. The lowest BCUT2D eigenvalue weighted by Crippen LogP contribution is -2.55. The Hall–Kier alpha value is -2.78. The molecule has 0 radical (unpaired) electrons. The number of anilines is 1. The van der Waals surface area contributed by atoms with Gasteiger partial charge in [0.1, 0.15) is 6.54 Å². The number of rotatable bonds is 4. The average Bonchev–Trinajstić information content (AvgIpc) is 2.55. The Balaban J connectivity index is 1.88. The van der Waals surface area contributed by atoms with Crippen LogP contribution < -0.4 is 10.6 Å². The number of piperazine rings is 1. The highest BCUT2D eigenvalue weighted by atomic mass is 19.4. The van der Waals surface area contributed by atoms with Gasteiger partial charge in [-0.25, -0.2) is 4.79 Å².